The standard InChI is InChI=1S/C20H18N4O4S2/c1-2-17(25)23-20-22-13-5-4-12(10-16(13)30-20)21-19(29)24-18(26)11-3-6-14-15(9-11)28-8-7-27-14/h3-6,9-10H,2,7-8H2,1H3,(H,22,23,25)(H2,21,24,26,29). The number of hydrogen-bond donors (Lipinski definition) is 3. The number of carbonyl (C=O) groups excluding carboxylic acids is 2. The number of nitrogens with zero attached hydrogens (tertiary/aromatic N) is 1. The van der Waals surface area contributed by atoms with Gasteiger partial charge < -0.3 is 20.1 Å². The molecule has 30 heavy (non-hydrogen) atoms. The highest BCUT2D eigenvalue weighted by atomic mass is 32.1. The Morgan fingerprint density at radius 1 is 1.10 bits per heavy atom. The van der Waals surface area contributed by atoms with Crippen LogP contribution in [0.25, 0.3) is 10.2 Å². The molecular formula is C20H18N4O4S2. The van der Waals surface area contributed by atoms with Crippen LogP contribution in [0.5, 0.6) is 11.5 Å². The van der Waals surface area contributed by atoms with E-state index in [1.165, 1.54) is 11.3 Å². The molecule has 0 saturated carbocycles. The number of aromatic nitrogens is 1. The van der Waals surface area contributed by atoms with Crippen LogP contribution in [0, 0.1) is 0 Å². The van der Waals surface area contributed by atoms with Crippen molar-refractivity contribution in [3.05, 3.63) is 42.0 Å². The summed E-state index contributed by atoms with van der Waals surface area (Å²) >= 11 is 6.63. The van der Waals surface area contributed by atoms with E-state index >= 15 is 0 Å². The second-order valence-corrected chi connectivity index (χ2v) is 7.81. The number of nitrogens with one attached hydrogen (secondary N) is 3. The van der Waals surface area contributed by atoms with Gasteiger partial charge in [-0.2, -0.15) is 0 Å². The number of fused-ring (bicyclic) bond motifs is 2. The zero-order chi connectivity index (χ0) is 21.1. The van der Waals surface area contributed by atoms with Gasteiger partial charge in [-0.1, -0.05) is 18.3 Å². The van der Waals surface area contributed by atoms with Gasteiger partial charge in [0, 0.05) is 17.7 Å². The molecule has 154 valence electrons. The van der Waals surface area contributed by atoms with E-state index in [2.05, 4.69) is 20.9 Å². The third-order valence-corrected chi connectivity index (χ3v) is 5.38. The fourth-order valence-electron chi connectivity index (χ4n) is 2.79. The van der Waals surface area contributed by atoms with Gasteiger partial charge in [-0.15, -0.1) is 0 Å². The highest BCUT2D eigenvalue weighted by molar-refractivity contribution is 7.80. The van der Waals surface area contributed by atoms with Crippen molar-refractivity contribution < 1.29 is 19.1 Å². The predicted molar refractivity (Wildman–Crippen MR) is 120 cm³/mol. The van der Waals surface area contributed by atoms with Crippen LogP contribution in [-0.4, -0.2) is 35.1 Å². The van der Waals surface area contributed by atoms with E-state index in [4.69, 9.17) is 21.7 Å². The normalized spacial score (nSPS) is 12.3. The summed E-state index contributed by atoms with van der Waals surface area (Å²) in [5.41, 5.74) is 1.88. The van der Waals surface area contributed by atoms with Crippen LogP contribution in [0.15, 0.2) is 36.4 Å². The first-order valence-corrected chi connectivity index (χ1v) is 10.5. The molecule has 2 amide bonds. The predicted octanol–water partition coefficient (Wildman–Crippen LogP) is 3.54. The van der Waals surface area contributed by atoms with E-state index in [1.54, 1.807) is 31.2 Å². The average molecular weight is 443 g/mol. The molecular weight excluding hydrogens is 424 g/mol. The molecule has 0 saturated heterocycles. The maximum absolute atomic E-state index is 12.5. The minimum absolute atomic E-state index is 0.0876. The Hall–Kier alpha value is -3.24. The molecule has 0 atom stereocenters. The number of thiocarbonyl (C=S) groups is 1. The molecule has 10 heteroatoms. The van der Waals surface area contributed by atoms with E-state index in [0.717, 1.165) is 10.2 Å². The second kappa shape index (κ2) is 8.64. The quantitative estimate of drug-likeness (QED) is 0.531. The van der Waals surface area contributed by atoms with E-state index in [1.807, 2.05) is 12.1 Å². The average Bonchev–Trinajstić information content (AvgIpc) is 3.14. The van der Waals surface area contributed by atoms with Gasteiger partial charge in [0.25, 0.3) is 5.91 Å². The van der Waals surface area contributed by atoms with Gasteiger partial charge in [0.2, 0.25) is 5.91 Å². The van der Waals surface area contributed by atoms with Gasteiger partial charge in [0.15, 0.2) is 21.7 Å². The number of benzene rings is 2. The summed E-state index contributed by atoms with van der Waals surface area (Å²) in [6.07, 6.45) is 0.389. The number of rotatable bonds is 4. The van der Waals surface area contributed by atoms with Gasteiger partial charge >= 0.3 is 0 Å². The number of thiazole rings is 1. The molecule has 1 aliphatic heterocycles. The fraction of sp³-hybridized carbons (Fsp3) is 0.200. The Labute approximate surface area is 181 Å². The van der Waals surface area contributed by atoms with Crippen LogP contribution >= 0.6 is 23.6 Å². The summed E-state index contributed by atoms with van der Waals surface area (Å²) in [6.45, 7) is 2.72. The highest BCUT2D eigenvalue weighted by Crippen LogP contribution is 2.31. The van der Waals surface area contributed by atoms with Crippen molar-refractivity contribution in [3.63, 3.8) is 0 Å². The minimum Gasteiger partial charge on any atom is -0.486 e. The van der Waals surface area contributed by atoms with Gasteiger partial charge in [0.1, 0.15) is 13.2 Å². The number of anilines is 2. The third kappa shape index (κ3) is 4.50. The Bertz CT molecular complexity index is 1150. The lowest BCUT2D eigenvalue weighted by molar-refractivity contribution is -0.115. The molecule has 8 nitrogen and oxygen atoms in total. The smallest absolute Gasteiger partial charge is 0.257 e. The Kier molecular flexibility index (Phi) is 5.77. The monoisotopic (exact) mass is 442 g/mol. The number of ether oxygens (including phenoxy) is 2. The van der Waals surface area contributed by atoms with Crippen molar-refractivity contribution in [1.29, 1.82) is 0 Å². The summed E-state index contributed by atoms with van der Waals surface area (Å²) in [4.78, 5) is 28.4. The molecule has 3 aromatic rings. The first-order valence-electron chi connectivity index (χ1n) is 9.24. The van der Waals surface area contributed by atoms with Gasteiger partial charge in [-0.3, -0.25) is 14.9 Å². The molecule has 0 radical (unpaired) electrons. The molecule has 3 N–H and O–H groups in total. The van der Waals surface area contributed by atoms with Crippen LogP contribution in [0.1, 0.15) is 23.7 Å². The zero-order valence-electron chi connectivity index (χ0n) is 16.0. The second-order valence-electron chi connectivity index (χ2n) is 6.37. The fourth-order valence-corrected chi connectivity index (χ4v) is 3.92. The van der Waals surface area contributed by atoms with Crippen molar-refractivity contribution in [2.45, 2.75) is 13.3 Å². The molecule has 4 rings (SSSR count). The summed E-state index contributed by atoms with van der Waals surface area (Å²) in [5.74, 6) is 0.712. The molecule has 0 unspecified atom stereocenters. The molecule has 0 spiro atoms. The van der Waals surface area contributed by atoms with Gasteiger partial charge in [0.05, 0.1) is 10.2 Å². The molecule has 0 fully saturated rings. The van der Waals surface area contributed by atoms with Crippen LogP contribution in [0.4, 0.5) is 10.8 Å². The lowest BCUT2D eigenvalue weighted by Gasteiger charge is -2.18. The largest absolute Gasteiger partial charge is 0.486 e. The van der Waals surface area contributed by atoms with Crippen LogP contribution in [0.2, 0.25) is 0 Å². The van der Waals surface area contributed by atoms with Crippen molar-refractivity contribution in [2.24, 2.45) is 0 Å². The van der Waals surface area contributed by atoms with Crippen molar-refractivity contribution >= 4 is 61.5 Å². The molecule has 2 aromatic carbocycles. The SMILES string of the molecule is CCC(=O)Nc1nc2ccc(NC(=S)NC(=O)c3ccc4c(c3)OCCO4)cc2s1. The number of amides is 2. The number of carbonyl (C=O) groups is 2. The Balaban J connectivity index is 1.41. The highest BCUT2D eigenvalue weighted by Gasteiger charge is 2.16. The Morgan fingerprint density at radius 3 is 2.70 bits per heavy atom. The summed E-state index contributed by atoms with van der Waals surface area (Å²) in [6, 6.07) is 10.5. The molecule has 0 aliphatic carbocycles. The molecule has 1 aliphatic rings. The van der Waals surface area contributed by atoms with Crippen LogP contribution < -0.4 is 25.4 Å². The van der Waals surface area contributed by atoms with Crippen LogP contribution in [-0.2, 0) is 4.79 Å². The van der Waals surface area contributed by atoms with Gasteiger partial charge in [-0.25, -0.2) is 4.98 Å². The van der Waals surface area contributed by atoms with Crippen molar-refractivity contribution in [2.75, 3.05) is 23.8 Å². The van der Waals surface area contributed by atoms with Crippen molar-refractivity contribution in [1.82, 2.24) is 10.3 Å². The number of hydrogen-bond acceptors (Lipinski definition) is 7. The van der Waals surface area contributed by atoms with Crippen molar-refractivity contribution in [3.8, 4) is 11.5 Å². The van der Waals surface area contributed by atoms with E-state index in [9.17, 15) is 9.59 Å². The summed E-state index contributed by atoms with van der Waals surface area (Å²) < 4.78 is 11.8. The first kappa shape index (κ1) is 20.0. The van der Waals surface area contributed by atoms with E-state index in [0.29, 0.717) is 47.5 Å². The van der Waals surface area contributed by atoms with E-state index < -0.39 is 0 Å². The topological polar surface area (TPSA) is 102 Å². The maximum Gasteiger partial charge on any atom is 0.257 e. The van der Waals surface area contributed by atoms with E-state index in [-0.39, 0.29) is 16.9 Å². The molecule has 0 bridgehead atoms. The maximum atomic E-state index is 12.5. The third-order valence-electron chi connectivity index (χ3n) is 4.25. The molecule has 1 aromatic heterocycles. The molecule has 2 heterocycles. The van der Waals surface area contributed by atoms with Gasteiger partial charge in [-0.05, 0) is 48.6 Å². The van der Waals surface area contributed by atoms with Crippen LogP contribution in [0.3, 0.4) is 0 Å². The minimum atomic E-state index is -0.354. The lowest BCUT2D eigenvalue weighted by atomic mass is 10.2. The summed E-state index contributed by atoms with van der Waals surface area (Å²) in [7, 11) is 0. The first-order chi connectivity index (χ1) is 14.5. The lowest BCUT2D eigenvalue weighted by Crippen LogP contribution is -2.34. The Morgan fingerprint density at radius 2 is 1.90 bits per heavy atom. The zero-order valence-corrected chi connectivity index (χ0v) is 17.6. The summed E-state index contributed by atoms with van der Waals surface area (Å²) in [5, 5.41) is 9.11.